The highest BCUT2D eigenvalue weighted by molar-refractivity contribution is 7.13. The van der Waals surface area contributed by atoms with Crippen molar-refractivity contribution in [2.75, 3.05) is 0 Å². The van der Waals surface area contributed by atoms with Crippen LogP contribution in [0.3, 0.4) is 0 Å². The predicted molar refractivity (Wildman–Crippen MR) is 85.3 cm³/mol. The van der Waals surface area contributed by atoms with Crippen molar-refractivity contribution in [1.82, 2.24) is 4.98 Å². The molecule has 3 aromatic rings. The van der Waals surface area contributed by atoms with E-state index in [0.717, 1.165) is 21.9 Å². The molecule has 1 aromatic heterocycles. The molecule has 0 radical (unpaired) electrons. The molecule has 0 saturated carbocycles. The highest BCUT2D eigenvalue weighted by Gasteiger charge is 2.08. The molecule has 2 aromatic carbocycles. The van der Waals surface area contributed by atoms with Crippen LogP contribution in [0.15, 0.2) is 60.1 Å². The number of carbonyl (C=O) groups is 1. The molecule has 110 valence electrons. The van der Waals surface area contributed by atoms with Crippen LogP contribution >= 0.6 is 11.3 Å². The van der Waals surface area contributed by atoms with E-state index in [9.17, 15) is 4.79 Å². The van der Waals surface area contributed by atoms with Crippen molar-refractivity contribution in [3.05, 3.63) is 71.2 Å². The quantitative estimate of drug-likeness (QED) is 0.771. The van der Waals surface area contributed by atoms with Crippen LogP contribution in [0.1, 0.15) is 15.9 Å². The molecule has 0 spiro atoms. The first kappa shape index (κ1) is 14.3. The highest BCUT2D eigenvalue weighted by atomic mass is 32.1. The maximum Gasteiger partial charge on any atom is 0.335 e. The van der Waals surface area contributed by atoms with Gasteiger partial charge in [0, 0.05) is 11.6 Å². The first-order valence-corrected chi connectivity index (χ1v) is 7.56. The van der Waals surface area contributed by atoms with Crippen molar-refractivity contribution >= 4 is 17.3 Å². The first-order chi connectivity index (χ1) is 10.7. The van der Waals surface area contributed by atoms with E-state index in [1.54, 1.807) is 41.8 Å². The van der Waals surface area contributed by atoms with Gasteiger partial charge in [-0.25, -0.2) is 9.78 Å². The number of benzene rings is 2. The van der Waals surface area contributed by atoms with Crippen molar-refractivity contribution in [2.45, 2.75) is 6.61 Å². The molecule has 0 atom stereocenters. The fourth-order valence-corrected chi connectivity index (χ4v) is 2.70. The molecule has 0 fully saturated rings. The van der Waals surface area contributed by atoms with Gasteiger partial charge in [-0.2, -0.15) is 0 Å². The molecule has 0 amide bonds. The van der Waals surface area contributed by atoms with E-state index in [0.29, 0.717) is 6.61 Å². The van der Waals surface area contributed by atoms with Crippen LogP contribution in [0.5, 0.6) is 5.75 Å². The van der Waals surface area contributed by atoms with Crippen LogP contribution < -0.4 is 4.74 Å². The lowest BCUT2D eigenvalue weighted by molar-refractivity contribution is 0.0697. The lowest BCUT2D eigenvalue weighted by Gasteiger charge is -2.10. The predicted octanol–water partition coefficient (Wildman–Crippen LogP) is 4.09. The largest absolute Gasteiger partial charge is 0.488 e. The molecule has 0 saturated heterocycles. The van der Waals surface area contributed by atoms with E-state index in [2.05, 4.69) is 4.98 Å². The van der Waals surface area contributed by atoms with E-state index in [-0.39, 0.29) is 5.56 Å². The van der Waals surface area contributed by atoms with Gasteiger partial charge in [-0.3, -0.25) is 0 Å². The lowest BCUT2D eigenvalue weighted by atomic mass is 10.1. The number of aromatic carboxylic acids is 1. The van der Waals surface area contributed by atoms with Gasteiger partial charge in [0.05, 0.1) is 11.1 Å². The molecular formula is C17H13NO3S. The summed E-state index contributed by atoms with van der Waals surface area (Å²) in [6.07, 6.45) is 1.77. The Labute approximate surface area is 131 Å². The highest BCUT2D eigenvalue weighted by Crippen LogP contribution is 2.31. The van der Waals surface area contributed by atoms with Crippen LogP contribution in [0.25, 0.3) is 10.6 Å². The Morgan fingerprint density at radius 3 is 2.59 bits per heavy atom. The van der Waals surface area contributed by atoms with E-state index in [1.165, 1.54) is 0 Å². The number of rotatable bonds is 5. The summed E-state index contributed by atoms with van der Waals surface area (Å²) in [5, 5.41) is 11.7. The molecule has 4 nitrogen and oxygen atoms in total. The second-order valence-electron chi connectivity index (χ2n) is 4.62. The number of hydrogen-bond donors (Lipinski definition) is 1. The van der Waals surface area contributed by atoms with Crippen LogP contribution in [0.4, 0.5) is 0 Å². The number of hydrogen-bond acceptors (Lipinski definition) is 4. The monoisotopic (exact) mass is 311 g/mol. The molecule has 3 rings (SSSR count). The third-order valence-electron chi connectivity index (χ3n) is 3.15. The normalized spacial score (nSPS) is 10.4. The third-order valence-corrected chi connectivity index (χ3v) is 3.95. The minimum absolute atomic E-state index is 0.270. The topological polar surface area (TPSA) is 59.4 Å². The Balaban J connectivity index is 1.76. The Kier molecular flexibility index (Phi) is 4.16. The smallest absolute Gasteiger partial charge is 0.335 e. The minimum Gasteiger partial charge on any atom is -0.488 e. The average Bonchev–Trinajstić information content (AvgIpc) is 3.08. The van der Waals surface area contributed by atoms with Gasteiger partial charge in [0.1, 0.15) is 17.4 Å². The van der Waals surface area contributed by atoms with Crippen LogP contribution in [0.2, 0.25) is 0 Å². The minimum atomic E-state index is -0.929. The zero-order valence-corrected chi connectivity index (χ0v) is 12.4. The zero-order valence-electron chi connectivity index (χ0n) is 11.6. The van der Waals surface area contributed by atoms with Gasteiger partial charge < -0.3 is 9.84 Å². The molecule has 5 heteroatoms. The average molecular weight is 311 g/mol. The summed E-state index contributed by atoms with van der Waals surface area (Å²) in [5.41, 5.74) is 2.14. The maximum atomic E-state index is 10.8. The summed E-state index contributed by atoms with van der Waals surface area (Å²) < 4.78 is 5.87. The number of nitrogens with zero attached hydrogens (tertiary/aromatic N) is 1. The number of carboxylic acid groups (broad SMARTS) is 1. The van der Waals surface area contributed by atoms with E-state index >= 15 is 0 Å². The van der Waals surface area contributed by atoms with Gasteiger partial charge in [0.2, 0.25) is 0 Å². The van der Waals surface area contributed by atoms with Crippen molar-refractivity contribution in [3.8, 4) is 16.3 Å². The van der Waals surface area contributed by atoms with Gasteiger partial charge in [-0.05, 0) is 29.8 Å². The Hall–Kier alpha value is -2.66. The second-order valence-corrected chi connectivity index (χ2v) is 5.52. The number of ether oxygens (including phenoxy) is 1. The molecule has 0 unspecified atom stereocenters. The van der Waals surface area contributed by atoms with Gasteiger partial charge in [-0.1, -0.05) is 24.3 Å². The molecule has 0 aliphatic rings. The van der Waals surface area contributed by atoms with Gasteiger partial charge in [-0.15, -0.1) is 11.3 Å². The molecule has 0 bridgehead atoms. The van der Waals surface area contributed by atoms with E-state index in [4.69, 9.17) is 9.84 Å². The summed E-state index contributed by atoms with van der Waals surface area (Å²) in [6.45, 7) is 0.377. The summed E-state index contributed by atoms with van der Waals surface area (Å²) in [4.78, 5) is 15.1. The standard InChI is InChI=1S/C17H13NO3S/c19-17(20)13-7-5-12(6-8-13)11-21-15-4-2-1-3-14(15)16-18-9-10-22-16/h1-10H,11H2,(H,19,20). The Morgan fingerprint density at radius 2 is 1.91 bits per heavy atom. The molecule has 1 heterocycles. The SMILES string of the molecule is O=C(O)c1ccc(COc2ccccc2-c2nccs2)cc1. The summed E-state index contributed by atoms with van der Waals surface area (Å²) in [6, 6.07) is 14.4. The lowest BCUT2D eigenvalue weighted by Crippen LogP contribution is -1.99. The van der Waals surface area contributed by atoms with Crippen molar-refractivity contribution in [2.24, 2.45) is 0 Å². The van der Waals surface area contributed by atoms with Crippen LogP contribution in [-0.2, 0) is 6.61 Å². The molecule has 0 aliphatic carbocycles. The molecule has 1 N–H and O–H groups in total. The van der Waals surface area contributed by atoms with Gasteiger partial charge in [0.15, 0.2) is 0 Å². The fraction of sp³-hybridized carbons (Fsp3) is 0.0588. The molecule has 0 aliphatic heterocycles. The number of aromatic nitrogens is 1. The van der Waals surface area contributed by atoms with Crippen LogP contribution in [0, 0.1) is 0 Å². The van der Waals surface area contributed by atoms with E-state index < -0.39 is 5.97 Å². The number of carboxylic acids is 1. The van der Waals surface area contributed by atoms with Crippen molar-refractivity contribution in [3.63, 3.8) is 0 Å². The van der Waals surface area contributed by atoms with E-state index in [1.807, 2.05) is 29.6 Å². The Bertz CT molecular complexity index is 767. The molecule has 22 heavy (non-hydrogen) atoms. The van der Waals surface area contributed by atoms with Gasteiger partial charge in [0.25, 0.3) is 0 Å². The third kappa shape index (κ3) is 3.15. The second kappa shape index (κ2) is 6.41. The summed E-state index contributed by atoms with van der Waals surface area (Å²) >= 11 is 1.56. The maximum absolute atomic E-state index is 10.8. The van der Waals surface area contributed by atoms with Crippen molar-refractivity contribution in [1.29, 1.82) is 0 Å². The van der Waals surface area contributed by atoms with Gasteiger partial charge >= 0.3 is 5.97 Å². The molecular weight excluding hydrogens is 298 g/mol. The summed E-state index contributed by atoms with van der Waals surface area (Å²) in [5.74, 6) is -0.165. The van der Waals surface area contributed by atoms with Crippen molar-refractivity contribution < 1.29 is 14.6 Å². The fourth-order valence-electron chi connectivity index (χ4n) is 2.03. The Morgan fingerprint density at radius 1 is 1.14 bits per heavy atom. The number of thiazole rings is 1. The summed E-state index contributed by atoms with van der Waals surface area (Å²) in [7, 11) is 0. The first-order valence-electron chi connectivity index (χ1n) is 6.68. The van der Waals surface area contributed by atoms with Crippen LogP contribution in [-0.4, -0.2) is 16.1 Å². The number of para-hydroxylation sites is 1. The zero-order chi connectivity index (χ0) is 15.4.